The number of benzene rings is 1. The van der Waals surface area contributed by atoms with Gasteiger partial charge in [-0.25, -0.2) is 0 Å². The molecule has 0 aromatic heterocycles. The molecule has 1 saturated heterocycles. The average Bonchev–Trinajstić information content (AvgIpc) is 3.02. The zero-order chi connectivity index (χ0) is 14.5. The van der Waals surface area contributed by atoms with Crippen LogP contribution >= 0.6 is 0 Å². The molecule has 1 aliphatic carbocycles. The topological polar surface area (TPSA) is 33.3 Å². The molecular formula is C18H28N2O. The first-order valence-electron chi connectivity index (χ1n) is 8.49. The van der Waals surface area contributed by atoms with E-state index >= 15 is 0 Å². The fourth-order valence-corrected chi connectivity index (χ4v) is 3.90. The van der Waals surface area contributed by atoms with Gasteiger partial charge in [0.05, 0.1) is 13.2 Å². The van der Waals surface area contributed by atoms with Crippen LogP contribution in [0.15, 0.2) is 24.3 Å². The standard InChI is InChI=1S/C18H28N2O/c1-2-14-6-3-4-7-15(14)12-20-17-9-5-8-16(17)18-13-21-11-10-19-18/h3-4,6-7,16-20H,2,5,8-13H2,1H3. The number of ether oxygens (including phenoxy) is 1. The predicted octanol–water partition coefficient (Wildman–Crippen LogP) is 2.50. The van der Waals surface area contributed by atoms with Gasteiger partial charge in [0, 0.05) is 25.2 Å². The van der Waals surface area contributed by atoms with Crippen LogP contribution in [0, 0.1) is 5.92 Å². The molecule has 0 amide bonds. The highest BCUT2D eigenvalue weighted by molar-refractivity contribution is 5.26. The Balaban J connectivity index is 1.58. The molecule has 1 aromatic rings. The molecule has 2 aliphatic rings. The van der Waals surface area contributed by atoms with E-state index in [-0.39, 0.29) is 0 Å². The molecule has 1 aliphatic heterocycles. The zero-order valence-corrected chi connectivity index (χ0v) is 13.1. The third-order valence-corrected chi connectivity index (χ3v) is 5.09. The van der Waals surface area contributed by atoms with Crippen molar-refractivity contribution in [1.82, 2.24) is 10.6 Å². The van der Waals surface area contributed by atoms with E-state index in [9.17, 15) is 0 Å². The predicted molar refractivity (Wildman–Crippen MR) is 86.4 cm³/mol. The SMILES string of the molecule is CCc1ccccc1CNC1CCCC1C1COCCN1. The summed E-state index contributed by atoms with van der Waals surface area (Å²) >= 11 is 0. The molecule has 0 bridgehead atoms. The minimum absolute atomic E-state index is 0.542. The van der Waals surface area contributed by atoms with E-state index in [4.69, 9.17) is 4.74 Å². The third kappa shape index (κ3) is 3.65. The molecule has 2 fully saturated rings. The lowest BCUT2D eigenvalue weighted by molar-refractivity contribution is 0.0524. The van der Waals surface area contributed by atoms with Crippen LogP contribution < -0.4 is 10.6 Å². The maximum Gasteiger partial charge on any atom is 0.0623 e. The van der Waals surface area contributed by atoms with Crippen molar-refractivity contribution in [3.63, 3.8) is 0 Å². The highest BCUT2D eigenvalue weighted by Crippen LogP contribution is 2.29. The van der Waals surface area contributed by atoms with Crippen LogP contribution in [0.5, 0.6) is 0 Å². The highest BCUT2D eigenvalue weighted by Gasteiger charge is 2.34. The number of morpholine rings is 1. The average molecular weight is 288 g/mol. The summed E-state index contributed by atoms with van der Waals surface area (Å²) in [6.45, 7) is 5.99. The molecule has 3 unspecified atom stereocenters. The third-order valence-electron chi connectivity index (χ3n) is 5.09. The smallest absolute Gasteiger partial charge is 0.0623 e. The number of hydrogen-bond acceptors (Lipinski definition) is 3. The normalized spacial score (nSPS) is 29.7. The molecule has 21 heavy (non-hydrogen) atoms. The summed E-state index contributed by atoms with van der Waals surface area (Å²) < 4.78 is 5.65. The summed E-state index contributed by atoms with van der Waals surface area (Å²) in [7, 11) is 0. The van der Waals surface area contributed by atoms with Gasteiger partial charge in [-0.05, 0) is 36.3 Å². The monoisotopic (exact) mass is 288 g/mol. The van der Waals surface area contributed by atoms with Crippen molar-refractivity contribution in [2.24, 2.45) is 5.92 Å². The molecule has 3 heteroatoms. The Morgan fingerprint density at radius 3 is 2.86 bits per heavy atom. The fourth-order valence-electron chi connectivity index (χ4n) is 3.90. The van der Waals surface area contributed by atoms with Crippen LogP contribution in [-0.4, -0.2) is 31.8 Å². The van der Waals surface area contributed by atoms with E-state index in [1.165, 1.54) is 30.4 Å². The van der Waals surface area contributed by atoms with Gasteiger partial charge < -0.3 is 15.4 Å². The minimum atomic E-state index is 0.542. The molecule has 3 rings (SSSR count). The van der Waals surface area contributed by atoms with Crippen molar-refractivity contribution in [1.29, 1.82) is 0 Å². The molecular weight excluding hydrogens is 260 g/mol. The van der Waals surface area contributed by atoms with Gasteiger partial charge in [-0.3, -0.25) is 0 Å². The van der Waals surface area contributed by atoms with Crippen molar-refractivity contribution in [2.45, 2.75) is 51.2 Å². The summed E-state index contributed by atoms with van der Waals surface area (Å²) in [5, 5.41) is 7.47. The largest absolute Gasteiger partial charge is 0.379 e. The molecule has 0 radical (unpaired) electrons. The van der Waals surface area contributed by atoms with Crippen molar-refractivity contribution < 1.29 is 4.74 Å². The molecule has 0 spiro atoms. The fraction of sp³-hybridized carbons (Fsp3) is 0.667. The van der Waals surface area contributed by atoms with Gasteiger partial charge >= 0.3 is 0 Å². The Morgan fingerprint density at radius 2 is 2.10 bits per heavy atom. The lowest BCUT2D eigenvalue weighted by Crippen LogP contribution is -2.50. The van der Waals surface area contributed by atoms with Gasteiger partial charge in [-0.1, -0.05) is 37.6 Å². The van der Waals surface area contributed by atoms with Gasteiger partial charge in [-0.15, -0.1) is 0 Å². The van der Waals surface area contributed by atoms with E-state index in [2.05, 4.69) is 41.8 Å². The summed E-state index contributed by atoms with van der Waals surface area (Å²) in [5.74, 6) is 0.721. The van der Waals surface area contributed by atoms with E-state index in [1.54, 1.807) is 0 Å². The Hall–Kier alpha value is -0.900. The Kier molecular flexibility index (Phi) is 5.28. The van der Waals surface area contributed by atoms with Crippen molar-refractivity contribution in [3.05, 3.63) is 35.4 Å². The number of rotatable bonds is 5. The highest BCUT2D eigenvalue weighted by atomic mass is 16.5. The Labute approximate surface area is 128 Å². The number of hydrogen-bond donors (Lipinski definition) is 2. The molecule has 3 atom stereocenters. The Bertz CT molecular complexity index is 443. The first-order chi connectivity index (χ1) is 10.4. The van der Waals surface area contributed by atoms with Crippen LogP contribution in [0.1, 0.15) is 37.3 Å². The lowest BCUT2D eigenvalue weighted by atomic mass is 9.93. The van der Waals surface area contributed by atoms with Crippen molar-refractivity contribution >= 4 is 0 Å². The summed E-state index contributed by atoms with van der Waals surface area (Å²) in [6, 6.07) is 9.98. The van der Waals surface area contributed by atoms with Crippen LogP contribution in [0.4, 0.5) is 0 Å². The number of aryl methyl sites for hydroxylation is 1. The van der Waals surface area contributed by atoms with Crippen LogP contribution in [-0.2, 0) is 17.7 Å². The summed E-state index contributed by atoms with van der Waals surface area (Å²) in [6.07, 6.45) is 5.09. The van der Waals surface area contributed by atoms with Gasteiger partial charge in [-0.2, -0.15) is 0 Å². The second-order valence-electron chi connectivity index (χ2n) is 6.34. The molecule has 1 aromatic carbocycles. The molecule has 116 valence electrons. The van der Waals surface area contributed by atoms with E-state index in [0.717, 1.165) is 38.6 Å². The van der Waals surface area contributed by atoms with Crippen LogP contribution in [0.2, 0.25) is 0 Å². The lowest BCUT2D eigenvalue weighted by Gasteiger charge is -2.33. The quantitative estimate of drug-likeness (QED) is 0.873. The van der Waals surface area contributed by atoms with Crippen LogP contribution in [0.3, 0.4) is 0 Å². The molecule has 1 heterocycles. The summed E-state index contributed by atoms with van der Waals surface area (Å²) in [5.41, 5.74) is 2.93. The minimum Gasteiger partial charge on any atom is -0.379 e. The second kappa shape index (κ2) is 7.39. The van der Waals surface area contributed by atoms with E-state index in [1.807, 2.05) is 0 Å². The molecule has 3 nitrogen and oxygen atoms in total. The van der Waals surface area contributed by atoms with Gasteiger partial charge in [0.25, 0.3) is 0 Å². The van der Waals surface area contributed by atoms with Gasteiger partial charge in [0.15, 0.2) is 0 Å². The maximum absolute atomic E-state index is 5.65. The maximum atomic E-state index is 5.65. The van der Waals surface area contributed by atoms with Gasteiger partial charge in [0.1, 0.15) is 0 Å². The molecule has 2 N–H and O–H groups in total. The first kappa shape index (κ1) is 15.0. The second-order valence-corrected chi connectivity index (χ2v) is 6.34. The number of nitrogens with one attached hydrogen (secondary N) is 2. The molecule has 1 saturated carbocycles. The van der Waals surface area contributed by atoms with E-state index in [0.29, 0.717) is 12.1 Å². The van der Waals surface area contributed by atoms with Crippen molar-refractivity contribution in [2.75, 3.05) is 19.8 Å². The summed E-state index contributed by atoms with van der Waals surface area (Å²) in [4.78, 5) is 0. The zero-order valence-electron chi connectivity index (χ0n) is 13.1. The Morgan fingerprint density at radius 1 is 1.24 bits per heavy atom. The van der Waals surface area contributed by atoms with E-state index < -0.39 is 0 Å². The van der Waals surface area contributed by atoms with Gasteiger partial charge in [0.2, 0.25) is 0 Å². The first-order valence-corrected chi connectivity index (χ1v) is 8.49. The van der Waals surface area contributed by atoms with Crippen LogP contribution in [0.25, 0.3) is 0 Å². The van der Waals surface area contributed by atoms with Crippen molar-refractivity contribution in [3.8, 4) is 0 Å².